The lowest BCUT2D eigenvalue weighted by Gasteiger charge is -2.34. The van der Waals surface area contributed by atoms with E-state index in [0.29, 0.717) is 37.2 Å². The van der Waals surface area contributed by atoms with Gasteiger partial charge in [0.05, 0.1) is 17.3 Å². The smallest absolute Gasteiger partial charge is 0.345 e. The molecule has 0 aliphatic carbocycles. The molecule has 9 heteroatoms. The molecule has 0 amide bonds. The molecule has 0 unspecified atom stereocenters. The fourth-order valence-electron chi connectivity index (χ4n) is 1.89. The lowest BCUT2D eigenvalue weighted by molar-refractivity contribution is -0.146. The van der Waals surface area contributed by atoms with Crippen LogP contribution in [-0.4, -0.2) is 48.8 Å². The fourth-order valence-corrected chi connectivity index (χ4v) is 3.41. The minimum absolute atomic E-state index is 0.296. The van der Waals surface area contributed by atoms with Crippen molar-refractivity contribution in [3.63, 3.8) is 0 Å². The second kappa shape index (κ2) is 6.03. The molecule has 0 aromatic carbocycles. The van der Waals surface area contributed by atoms with Gasteiger partial charge >= 0.3 is 6.18 Å². The van der Waals surface area contributed by atoms with Crippen molar-refractivity contribution in [2.75, 3.05) is 37.6 Å². The molecule has 108 valence electrons. The van der Waals surface area contributed by atoms with Crippen LogP contribution in [0.1, 0.15) is 4.88 Å². The summed E-state index contributed by atoms with van der Waals surface area (Å²) in [7, 11) is 0. The summed E-state index contributed by atoms with van der Waals surface area (Å²) in [6, 6.07) is 0. The number of halogens is 5. The average Bonchev–Trinajstić information content (AvgIpc) is 2.69. The highest BCUT2D eigenvalue weighted by atomic mass is 35.5. The van der Waals surface area contributed by atoms with Crippen LogP contribution in [0.5, 0.6) is 0 Å². The highest BCUT2D eigenvalue weighted by molar-refractivity contribution is 7.16. The fraction of sp³-hybridized carbons (Fsp3) is 0.700. The van der Waals surface area contributed by atoms with E-state index in [1.807, 2.05) is 4.90 Å². The van der Waals surface area contributed by atoms with Crippen molar-refractivity contribution >= 4 is 39.7 Å². The Balaban J connectivity index is 1.92. The number of hydrogen-bond donors (Lipinski definition) is 0. The van der Waals surface area contributed by atoms with E-state index >= 15 is 0 Å². The number of alkyl halides is 4. The van der Waals surface area contributed by atoms with Gasteiger partial charge in [-0.3, -0.25) is 4.90 Å². The first-order valence-electron chi connectivity index (χ1n) is 5.64. The molecule has 3 nitrogen and oxygen atoms in total. The summed E-state index contributed by atoms with van der Waals surface area (Å²) < 4.78 is 36.8. The van der Waals surface area contributed by atoms with Crippen LogP contribution in [0.2, 0.25) is 5.15 Å². The summed E-state index contributed by atoms with van der Waals surface area (Å²) in [6.45, 7) is 0.912. The molecule has 1 aliphatic heterocycles. The van der Waals surface area contributed by atoms with Crippen LogP contribution < -0.4 is 4.90 Å². The molecular weight excluding hydrogens is 322 g/mol. The molecule has 0 atom stereocenters. The van der Waals surface area contributed by atoms with Crippen molar-refractivity contribution in [1.29, 1.82) is 0 Å². The third kappa shape index (κ3) is 4.11. The maximum Gasteiger partial charge on any atom is 0.401 e. The standard InChI is InChI=1S/C10H12Cl2F3N3S/c11-5-7-8(12)16-9(19-7)18-3-1-17(2-4-18)6-10(13,14)15/h1-6H2. The van der Waals surface area contributed by atoms with Gasteiger partial charge in [-0.2, -0.15) is 13.2 Å². The van der Waals surface area contributed by atoms with E-state index in [1.165, 1.54) is 16.2 Å². The number of rotatable bonds is 3. The van der Waals surface area contributed by atoms with Crippen LogP contribution in [0.15, 0.2) is 0 Å². The van der Waals surface area contributed by atoms with Crippen LogP contribution in [0.3, 0.4) is 0 Å². The zero-order valence-electron chi connectivity index (χ0n) is 9.88. The minimum Gasteiger partial charge on any atom is -0.345 e. The Morgan fingerprint density at radius 2 is 1.84 bits per heavy atom. The molecule has 19 heavy (non-hydrogen) atoms. The number of aromatic nitrogens is 1. The predicted octanol–water partition coefficient (Wildman–Crippen LogP) is 3.22. The second-order valence-corrected chi connectivity index (χ2v) is 5.91. The zero-order chi connectivity index (χ0) is 14.0. The van der Waals surface area contributed by atoms with E-state index in [0.717, 1.165) is 10.0 Å². The highest BCUT2D eigenvalue weighted by Gasteiger charge is 2.32. The van der Waals surface area contributed by atoms with Crippen LogP contribution in [-0.2, 0) is 5.88 Å². The Labute approximate surface area is 122 Å². The van der Waals surface area contributed by atoms with Crippen LogP contribution >= 0.6 is 34.5 Å². The van der Waals surface area contributed by atoms with Gasteiger partial charge in [-0.05, 0) is 0 Å². The number of piperazine rings is 1. The van der Waals surface area contributed by atoms with E-state index in [4.69, 9.17) is 23.2 Å². The van der Waals surface area contributed by atoms with Crippen molar-refractivity contribution in [2.24, 2.45) is 0 Å². The minimum atomic E-state index is -4.14. The van der Waals surface area contributed by atoms with Crippen molar-refractivity contribution < 1.29 is 13.2 Å². The van der Waals surface area contributed by atoms with Gasteiger partial charge in [-0.1, -0.05) is 22.9 Å². The molecule has 0 N–H and O–H groups in total. The van der Waals surface area contributed by atoms with Gasteiger partial charge in [0.25, 0.3) is 0 Å². The number of thiazole rings is 1. The lowest BCUT2D eigenvalue weighted by Crippen LogP contribution is -2.49. The second-order valence-electron chi connectivity index (χ2n) is 4.22. The molecular formula is C10H12Cl2F3N3S. The number of hydrogen-bond acceptors (Lipinski definition) is 4. The molecule has 1 aromatic rings. The van der Waals surface area contributed by atoms with Crippen molar-refractivity contribution in [3.05, 3.63) is 10.0 Å². The van der Waals surface area contributed by atoms with Gasteiger partial charge in [0.2, 0.25) is 0 Å². The third-order valence-electron chi connectivity index (χ3n) is 2.81. The first-order valence-corrected chi connectivity index (χ1v) is 7.37. The normalized spacial score (nSPS) is 18.1. The van der Waals surface area contributed by atoms with Gasteiger partial charge < -0.3 is 4.90 Å². The molecule has 2 rings (SSSR count). The van der Waals surface area contributed by atoms with Crippen LogP contribution in [0, 0.1) is 0 Å². The summed E-state index contributed by atoms with van der Waals surface area (Å²) >= 11 is 13.0. The topological polar surface area (TPSA) is 19.4 Å². The van der Waals surface area contributed by atoms with Crippen LogP contribution in [0.25, 0.3) is 0 Å². The molecule has 1 aliphatic rings. The molecule has 1 saturated heterocycles. The van der Waals surface area contributed by atoms with Gasteiger partial charge in [0, 0.05) is 26.2 Å². The van der Waals surface area contributed by atoms with E-state index < -0.39 is 12.7 Å². The monoisotopic (exact) mass is 333 g/mol. The first kappa shape index (κ1) is 15.2. The Bertz CT molecular complexity index is 430. The lowest BCUT2D eigenvalue weighted by atomic mass is 10.3. The van der Waals surface area contributed by atoms with Gasteiger partial charge in [-0.15, -0.1) is 11.6 Å². The predicted molar refractivity (Wildman–Crippen MR) is 71.4 cm³/mol. The highest BCUT2D eigenvalue weighted by Crippen LogP contribution is 2.31. The Morgan fingerprint density at radius 3 is 2.32 bits per heavy atom. The summed E-state index contributed by atoms with van der Waals surface area (Å²) in [5.74, 6) is 0.296. The molecule has 1 aromatic heterocycles. The van der Waals surface area contributed by atoms with E-state index in [1.54, 1.807) is 0 Å². The largest absolute Gasteiger partial charge is 0.401 e. The maximum atomic E-state index is 12.3. The molecule has 0 radical (unpaired) electrons. The molecule has 0 saturated carbocycles. The Kier molecular flexibility index (Phi) is 4.81. The van der Waals surface area contributed by atoms with E-state index in [2.05, 4.69) is 4.98 Å². The maximum absolute atomic E-state index is 12.3. The molecule has 0 spiro atoms. The van der Waals surface area contributed by atoms with Gasteiger partial charge in [0.1, 0.15) is 5.15 Å². The molecule has 0 bridgehead atoms. The Hall–Kier alpha value is -0.240. The quantitative estimate of drug-likeness (QED) is 0.792. The van der Waals surface area contributed by atoms with Gasteiger partial charge in [-0.25, -0.2) is 4.98 Å². The van der Waals surface area contributed by atoms with Crippen molar-refractivity contribution in [1.82, 2.24) is 9.88 Å². The number of nitrogens with zero attached hydrogens (tertiary/aromatic N) is 3. The zero-order valence-corrected chi connectivity index (χ0v) is 12.2. The summed E-state index contributed by atoms with van der Waals surface area (Å²) in [5.41, 5.74) is 0. The first-order chi connectivity index (χ1) is 8.89. The molecule has 1 fully saturated rings. The van der Waals surface area contributed by atoms with Gasteiger partial charge in [0.15, 0.2) is 5.13 Å². The SMILES string of the molecule is FC(F)(F)CN1CCN(c2nc(Cl)c(CCl)s2)CC1. The van der Waals surface area contributed by atoms with Crippen LogP contribution in [0.4, 0.5) is 18.3 Å². The van der Waals surface area contributed by atoms with E-state index in [9.17, 15) is 13.2 Å². The third-order valence-corrected chi connectivity index (χ3v) is 4.77. The van der Waals surface area contributed by atoms with E-state index in [-0.39, 0.29) is 0 Å². The summed E-state index contributed by atoms with van der Waals surface area (Å²) in [5, 5.41) is 1.11. The van der Waals surface area contributed by atoms with Crippen molar-refractivity contribution in [2.45, 2.75) is 12.1 Å². The van der Waals surface area contributed by atoms with Crippen molar-refractivity contribution in [3.8, 4) is 0 Å². The summed E-state index contributed by atoms with van der Waals surface area (Å²) in [4.78, 5) is 8.32. The summed E-state index contributed by atoms with van der Waals surface area (Å²) in [6.07, 6.45) is -4.14. The molecule has 2 heterocycles. The number of anilines is 1. The Morgan fingerprint density at radius 1 is 1.21 bits per heavy atom. The average molecular weight is 334 g/mol.